The summed E-state index contributed by atoms with van der Waals surface area (Å²) in [5, 5.41) is 0. The van der Waals surface area contributed by atoms with Crippen molar-refractivity contribution < 1.29 is 0 Å². The van der Waals surface area contributed by atoms with Crippen LogP contribution in [-0.4, -0.2) is 10.6 Å². The average molecular weight is 104 g/mol. The van der Waals surface area contributed by atoms with Crippen LogP contribution >= 0.6 is 0 Å². The molecule has 1 saturated heterocycles. The summed E-state index contributed by atoms with van der Waals surface area (Å²) in [5.41, 5.74) is 5.61. The molecule has 1 atom stereocenters. The molecule has 0 amide bonds. The van der Waals surface area contributed by atoms with Gasteiger partial charge >= 0.3 is 0 Å². The summed E-state index contributed by atoms with van der Waals surface area (Å²) in [4.78, 5) is 0.194. The summed E-state index contributed by atoms with van der Waals surface area (Å²) in [6.45, 7) is 2.10. The molecular formula is C4H10NS+. The molecule has 36 valence electrons. The fourth-order valence-corrected chi connectivity index (χ4v) is 1.39. The maximum atomic E-state index is 5.61. The van der Waals surface area contributed by atoms with Crippen LogP contribution in [0.25, 0.3) is 0 Å². The Morgan fingerprint density at radius 2 is 2.17 bits per heavy atom. The number of rotatable bonds is 0. The number of hydrogen-bond acceptors (Lipinski definition) is 1. The van der Waals surface area contributed by atoms with Crippen molar-refractivity contribution in [1.29, 1.82) is 0 Å². The summed E-state index contributed by atoms with van der Waals surface area (Å²) in [6.07, 6.45) is 1.22. The molecule has 6 heavy (non-hydrogen) atoms. The molecule has 0 spiro atoms. The van der Waals surface area contributed by atoms with Gasteiger partial charge in [-0.1, -0.05) is 0 Å². The molecule has 0 saturated carbocycles. The van der Waals surface area contributed by atoms with E-state index >= 15 is 0 Å². The molecule has 2 N–H and O–H groups in total. The van der Waals surface area contributed by atoms with Gasteiger partial charge in [0.15, 0.2) is 4.87 Å². The predicted molar refractivity (Wildman–Crippen MR) is 30.8 cm³/mol. The van der Waals surface area contributed by atoms with Crippen LogP contribution in [0.5, 0.6) is 0 Å². The average Bonchev–Trinajstić information content (AvgIpc) is 1.32. The van der Waals surface area contributed by atoms with E-state index in [2.05, 4.69) is 6.92 Å². The van der Waals surface area contributed by atoms with Gasteiger partial charge in [-0.25, -0.2) is 0 Å². The summed E-state index contributed by atoms with van der Waals surface area (Å²) >= 11 is 1.43. The molecule has 1 fully saturated rings. The van der Waals surface area contributed by atoms with Crippen LogP contribution in [0, 0.1) is 0 Å². The van der Waals surface area contributed by atoms with E-state index in [4.69, 9.17) is 5.73 Å². The Labute approximate surface area is 42.3 Å². The monoisotopic (exact) mass is 104 g/mol. The van der Waals surface area contributed by atoms with E-state index in [0.717, 1.165) is 0 Å². The molecule has 1 heterocycles. The van der Waals surface area contributed by atoms with Crippen LogP contribution in [0.2, 0.25) is 0 Å². The Morgan fingerprint density at radius 1 is 1.83 bits per heavy atom. The van der Waals surface area contributed by atoms with Gasteiger partial charge in [-0.2, -0.15) is 0 Å². The van der Waals surface area contributed by atoms with E-state index < -0.39 is 0 Å². The van der Waals surface area contributed by atoms with Gasteiger partial charge in [0.2, 0.25) is 0 Å². The Morgan fingerprint density at radius 3 is 2.17 bits per heavy atom. The van der Waals surface area contributed by atoms with Gasteiger partial charge in [0.25, 0.3) is 0 Å². The van der Waals surface area contributed by atoms with E-state index in [1.165, 1.54) is 23.9 Å². The van der Waals surface area contributed by atoms with E-state index in [0.29, 0.717) is 0 Å². The predicted octanol–water partition coefficient (Wildman–Crippen LogP) is -0.120. The van der Waals surface area contributed by atoms with E-state index in [-0.39, 0.29) is 4.87 Å². The van der Waals surface area contributed by atoms with Crippen molar-refractivity contribution in [3.63, 3.8) is 0 Å². The molecule has 0 aromatic heterocycles. The Hall–Kier alpha value is 0.310. The molecule has 0 aromatic carbocycles. The highest BCUT2D eigenvalue weighted by Gasteiger charge is 2.36. The largest absolute Gasteiger partial charge is 0.284 e. The zero-order valence-electron chi connectivity index (χ0n) is 3.94. The van der Waals surface area contributed by atoms with Crippen molar-refractivity contribution in [3.8, 4) is 0 Å². The molecule has 1 rings (SSSR count). The fourth-order valence-electron chi connectivity index (χ4n) is 0.465. The minimum Gasteiger partial charge on any atom is -0.284 e. The Bertz CT molecular complexity index is 54.6. The van der Waals surface area contributed by atoms with Crippen molar-refractivity contribution >= 4 is 11.8 Å². The lowest BCUT2D eigenvalue weighted by molar-refractivity contribution is 0.611. The topological polar surface area (TPSA) is 26.0 Å². The van der Waals surface area contributed by atoms with Gasteiger partial charge < -0.3 is 0 Å². The molecular weight excluding hydrogens is 94.1 g/mol. The molecule has 0 bridgehead atoms. The molecule has 1 aliphatic rings. The standard InChI is InChI=1S/C4H9NS/c1-4(5)2-3-6-4/h2-3,5H2,1H3/p+1. The van der Waals surface area contributed by atoms with Gasteiger partial charge in [0.1, 0.15) is 5.75 Å². The zero-order chi connectivity index (χ0) is 4.62. The number of hydrogen-bond donors (Lipinski definition) is 1. The van der Waals surface area contributed by atoms with Gasteiger partial charge in [0.05, 0.1) is 6.42 Å². The summed E-state index contributed by atoms with van der Waals surface area (Å²) in [7, 11) is 0. The molecule has 1 aliphatic heterocycles. The molecule has 0 aliphatic carbocycles. The first-order valence-corrected chi connectivity index (χ1v) is 3.26. The van der Waals surface area contributed by atoms with Crippen LogP contribution in [-0.2, 0) is 11.8 Å². The third-order valence-electron chi connectivity index (χ3n) is 1.09. The second-order valence-electron chi connectivity index (χ2n) is 1.99. The molecule has 0 aromatic rings. The van der Waals surface area contributed by atoms with Crippen LogP contribution in [0.4, 0.5) is 0 Å². The van der Waals surface area contributed by atoms with Gasteiger partial charge in [-0.05, 0) is 11.8 Å². The molecule has 1 unspecified atom stereocenters. The highest BCUT2D eigenvalue weighted by Crippen LogP contribution is 2.18. The normalized spacial score (nSPS) is 45.0. The lowest BCUT2D eigenvalue weighted by Crippen LogP contribution is -2.47. The minimum atomic E-state index is 0.194. The van der Waals surface area contributed by atoms with Crippen molar-refractivity contribution in [2.45, 2.75) is 18.2 Å². The van der Waals surface area contributed by atoms with Crippen LogP contribution in [0.3, 0.4) is 0 Å². The SMILES string of the molecule is CC1(N)CC[SH+]1. The van der Waals surface area contributed by atoms with Gasteiger partial charge in [0, 0.05) is 6.92 Å². The Kier molecular flexibility index (Phi) is 0.848. The lowest BCUT2D eigenvalue weighted by Gasteiger charge is -2.22. The number of nitrogens with two attached hydrogens (primary N) is 1. The first kappa shape index (κ1) is 4.47. The maximum absolute atomic E-state index is 5.61. The van der Waals surface area contributed by atoms with Crippen molar-refractivity contribution in [2.75, 3.05) is 5.75 Å². The zero-order valence-corrected chi connectivity index (χ0v) is 4.83. The summed E-state index contributed by atoms with van der Waals surface area (Å²) < 4.78 is 0. The van der Waals surface area contributed by atoms with Crippen molar-refractivity contribution in [3.05, 3.63) is 0 Å². The molecule has 0 radical (unpaired) electrons. The molecule has 1 nitrogen and oxygen atoms in total. The second-order valence-corrected chi connectivity index (χ2v) is 3.77. The molecule has 2 heteroatoms. The first-order chi connectivity index (χ1) is 2.71. The maximum Gasteiger partial charge on any atom is 0.176 e. The lowest BCUT2D eigenvalue weighted by atomic mass is 10.2. The van der Waals surface area contributed by atoms with Crippen molar-refractivity contribution in [1.82, 2.24) is 0 Å². The van der Waals surface area contributed by atoms with E-state index in [1.807, 2.05) is 0 Å². The van der Waals surface area contributed by atoms with Gasteiger partial charge in [-0.3, -0.25) is 5.73 Å². The van der Waals surface area contributed by atoms with Crippen LogP contribution in [0.1, 0.15) is 13.3 Å². The van der Waals surface area contributed by atoms with Crippen LogP contribution < -0.4 is 5.73 Å². The van der Waals surface area contributed by atoms with Gasteiger partial charge in [-0.15, -0.1) is 0 Å². The summed E-state index contributed by atoms with van der Waals surface area (Å²) in [6, 6.07) is 0. The minimum absolute atomic E-state index is 0.194. The van der Waals surface area contributed by atoms with Crippen molar-refractivity contribution in [2.24, 2.45) is 5.73 Å². The Balaban J connectivity index is 2.31. The third kappa shape index (κ3) is 0.684. The first-order valence-electron chi connectivity index (χ1n) is 2.18. The smallest absolute Gasteiger partial charge is 0.176 e. The second kappa shape index (κ2) is 1.14. The van der Waals surface area contributed by atoms with E-state index in [9.17, 15) is 0 Å². The highest BCUT2D eigenvalue weighted by atomic mass is 32.2. The highest BCUT2D eigenvalue weighted by molar-refractivity contribution is 7.81. The van der Waals surface area contributed by atoms with E-state index in [1.54, 1.807) is 0 Å². The quantitative estimate of drug-likeness (QED) is 0.336. The fraction of sp³-hybridized carbons (Fsp3) is 1.00. The third-order valence-corrected chi connectivity index (χ3v) is 2.48. The summed E-state index contributed by atoms with van der Waals surface area (Å²) in [5.74, 6) is 1.31. The number of thiol groups is 1. The van der Waals surface area contributed by atoms with Crippen LogP contribution in [0.15, 0.2) is 0 Å².